The molecule has 0 amide bonds. The van der Waals surface area contributed by atoms with Gasteiger partial charge in [-0.3, -0.25) is 9.79 Å². The average molecular weight is 175 g/mol. The zero-order valence-corrected chi connectivity index (χ0v) is 6.40. The molecule has 5 heteroatoms. The first kappa shape index (κ1) is 8.07. The van der Waals surface area contributed by atoms with Gasteiger partial charge in [0.25, 0.3) is 0 Å². The topological polar surface area (TPSA) is 52.9 Å². The highest BCUT2D eigenvalue weighted by Gasteiger charge is 2.14. The molecule has 1 aliphatic heterocycles. The second-order valence-electron chi connectivity index (χ2n) is 2.04. The van der Waals surface area contributed by atoms with Crippen LogP contribution in [0.5, 0.6) is 0 Å². The van der Waals surface area contributed by atoms with Gasteiger partial charge in [0, 0.05) is 18.6 Å². The zero-order chi connectivity index (χ0) is 8.27. The molecule has 0 bridgehead atoms. The van der Waals surface area contributed by atoms with Gasteiger partial charge in [-0.1, -0.05) is 11.6 Å². The van der Waals surface area contributed by atoms with Gasteiger partial charge in [0.05, 0.1) is 0 Å². The maximum atomic E-state index is 10.2. The molecule has 0 spiro atoms. The molecule has 0 aromatic heterocycles. The highest BCUT2D eigenvalue weighted by molar-refractivity contribution is 6.28. The van der Waals surface area contributed by atoms with Crippen molar-refractivity contribution in [3.63, 3.8) is 0 Å². The highest BCUT2D eigenvalue weighted by atomic mass is 35.5. The van der Waals surface area contributed by atoms with Gasteiger partial charge in [0.1, 0.15) is 12.0 Å². The molecule has 1 unspecified atom stereocenters. The summed E-state index contributed by atoms with van der Waals surface area (Å²) in [6, 6.07) is 0. The van der Waals surface area contributed by atoms with E-state index in [4.69, 9.17) is 16.7 Å². The molecule has 0 aliphatic carbocycles. The van der Waals surface area contributed by atoms with Crippen molar-refractivity contribution >= 4 is 23.8 Å². The summed E-state index contributed by atoms with van der Waals surface area (Å²) in [4.78, 5) is 15.4. The lowest BCUT2D eigenvalue weighted by Gasteiger charge is -2.22. The molecule has 1 atom stereocenters. The Morgan fingerprint density at radius 2 is 2.55 bits per heavy atom. The van der Waals surface area contributed by atoms with Crippen LogP contribution in [0.25, 0.3) is 0 Å². The molecule has 1 aliphatic rings. The van der Waals surface area contributed by atoms with E-state index in [0.717, 1.165) is 0 Å². The molecule has 11 heavy (non-hydrogen) atoms. The summed E-state index contributed by atoms with van der Waals surface area (Å²) >= 11 is 5.69. The Hall–Kier alpha value is -1.03. The average Bonchev–Trinajstić information content (AvgIpc) is 1.93. The van der Waals surface area contributed by atoms with E-state index < -0.39 is 11.5 Å². The zero-order valence-electron chi connectivity index (χ0n) is 5.64. The SMILES string of the molecule is O=C(O)CN1C=CN=CC1Cl. The van der Waals surface area contributed by atoms with Crippen LogP contribution in [0.2, 0.25) is 0 Å². The molecule has 1 N–H and O–H groups in total. The van der Waals surface area contributed by atoms with Crippen LogP contribution in [0.1, 0.15) is 0 Å². The lowest BCUT2D eigenvalue weighted by Crippen LogP contribution is -2.33. The Bertz CT molecular complexity index is 215. The van der Waals surface area contributed by atoms with E-state index in [2.05, 4.69) is 4.99 Å². The van der Waals surface area contributed by atoms with Crippen molar-refractivity contribution in [2.24, 2.45) is 4.99 Å². The molecular weight excluding hydrogens is 168 g/mol. The van der Waals surface area contributed by atoms with Crippen molar-refractivity contribution in [3.05, 3.63) is 12.4 Å². The van der Waals surface area contributed by atoms with Crippen LogP contribution in [0.3, 0.4) is 0 Å². The number of carboxylic acids is 1. The van der Waals surface area contributed by atoms with E-state index in [0.29, 0.717) is 0 Å². The monoisotopic (exact) mass is 174 g/mol. The van der Waals surface area contributed by atoms with Crippen molar-refractivity contribution in [1.29, 1.82) is 0 Å². The van der Waals surface area contributed by atoms with E-state index in [9.17, 15) is 4.79 Å². The van der Waals surface area contributed by atoms with Crippen LogP contribution in [-0.4, -0.2) is 34.2 Å². The fourth-order valence-electron chi connectivity index (χ4n) is 0.709. The number of nitrogens with zero attached hydrogens (tertiary/aromatic N) is 2. The molecule has 1 heterocycles. The lowest BCUT2D eigenvalue weighted by molar-refractivity contribution is -0.137. The number of alkyl halides is 1. The predicted octanol–water partition coefficient (Wildman–Crippen LogP) is 0.493. The molecule has 0 aromatic rings. The van der Waals surface area contributed by atoms with Gasteiger partial charge < -0.3 is 10.0 Å². The summed E-state index contributed by atoms with van der Waals surface area (Å²) in [5, 5.41) is 8.40. The van der Waals surface area contributed by atoms with Gasteiger partial charge in [0.15, 0.2) is 0 Å². The summed E-state index contributed by atoms with van der Waals surface area (Å²) < 4.78 is 0. The minimum absolute atomic E-state index is 0.101. The summed E-state index contributed by atoms with van der Waals surface area (Å²) in [5.41, 5.74) is -0.448. The third-order valence-corrected chi connectivity index (χ3v) is 1.55. The molecular formula is C6H7ClN2O2. The largest absolute Gasteiger partial charge is 0.480 e. The van der Waals surface area contributed by atoms with Gasteiger partial charge in [-0.25, -0.2) is 0 Å². The maximum Gasteiger partial charge on any atom is 0.323 e. The van der Waals surface area contributed by atoms with Crippen LogP contribution >= 0.6 is 11.6 Å². The van der Waals surface area contributed by atoms with E-state index in [-0.39, 0.29) is 6.54 Å². The summed E-state index contributed by atoms with van der Waals surface area (Å²) in [5.74, 6) is -0.907. The van der Waals surface area contributed by atoms with Crippen molar-refractivity contribution in [1.82, 2.24) is 4.90 Å². The number of aliphatic imine (C=N–C) groups is 1. The predicted molar refractivity (Wildman–Crippen MR) is 41.6 cm³/mol. The summed E-state index contributed by atoms with van der Waals surface area (Å²) in [6.07, 6.45) is 4.53. The number of rotatable bonds is 2. The number of carbonyl (C=O) groups is 1. The van der Waals surface area contributed by atoms with E-state index in [1.165, 1.54) is 17.3 Å². The first-order valence-electron chi connectivity index (χ1n) is 3.02. The summed E-state index contributed by atoms with van der Waals surface area (Å²) in [6.45, 7) is -0.101. The Labute approximate surface area is 68.8 Å². The Kier molecular flexibility index (Phi) is 2.48. The van der Waals surface area contributed by atoms with Crippen LogP contribution < -0.4 is 0 Å². The third-order valence-electron chi connectivity index (χ3n) is 1.19. The molecule has 0 radical (unpaired) electrons. The van der Waals surface area contributed by atoms with Crippen molar-refractivity contribution in [3.8, 4) is 0 Å². The fourth-order valence-corrected chi connectivity index (χ4v) is 0.908. The number of hydrogen-bond donors (Lipinski definition) is 1. The van der Waals surface area contributed by atoms with Crippen LogP contribution in [0.15, 0.2) is 17.4 Å². The molecule has 0 fully saturated rings. The fraction of sp³-hybridized carbons (Fsp3) is 0.333. The van der Waals surface area contributed by atoms with Crippen LogP contribution in [0, 0.1) is 0 Å². The normalized spacial score (nSPS) is 22.3. The van der Waals surface area contributed by atoms with Gasteiger partial charge in [0.2, 0.25) is 0 Å². The van der Waals surface area contributed by atoms with E-state index >= 15 is 0 Å². The minimum Gasteiger partial charge on any atom is -0.480 e. The number of hydrogen-bond acceptors (Lipinski definition) is 3. The van der Waals surface area contributed by atoms with Gasteiger partial charge in [-0.05, 0) is 0 Å². The lowest BCUT2D eigenvalue weighted by atomic mass is 10.4. The molecule has 4 nitrogen and oxygen atoms in total. The number of aliphatic carboxylic acids is 1. The summed E-state index contributed by atoms with van der Waals surface area (Å²) in [7, 11) is 0. The first-order valence-corrected chi connectivity index (χ1v) is 3.45. The maximum absolute atomic E-state index is 10.2. The molecule has 0 saturated heterocycles. The Balaban J connectivity index is 2.52. The highest BCUT2D eigenvalue weighted by Crippen LogP contribution is 2.06. The third kappa shape index (κ3) is 2.23. The molecule has 60 valence electrons. The number of carboxylic acid groups (broad SMARTS) is 1. The molecule has 0 saturated carbocycles. The standard InChI is InChI=1S/C6H7ClN2O2/c7-5-3-8-1-2-9(5)4-6(10)11/h1-3,5H,4H2,(H,10,11). The minimum atomic E-state index is -0.907. The first-order chi connectivity index (χ1) is 5.20. The smallest absolute Gasteiger partial charge is 0.323 e. The van der Waals surface area contributed by atoms with Crippen molar-refractivity contribution in [2.45, 2.75) is 5.50 Å². The van der Waals surface area contributed by atoms with E-state index in [1.54, 1.807) is 6.20 Å². The Morgan fingerprint density at radius 3 is 3.09 bits per heavy atom. The molecule has 1 rings (SSSR count). The van der Waals surface area contributed by atoms with Gasteiger partial charge in [-0.15, -0.1) is 0 Å². The van der Waals surface area contributed by atoms with Gasteiger partial charge >= 0.3 is 5.97 Å². The molecule has 0 aromatic carbocycles. The van der Waals surface area contributed by atoms with Crippen LogP contribution in [-0.2, 0) is 4.79 Å². The second kappa shape index (κ2) is 3.39. The quantitative estimate of drug-likeness (QED) is 0.490. The Morgan fingerprint density at radius 1 is 1.82 bits per heavy atom. The van der Waals surface area contributed by atoms with Gasteiger partial charge in [-0.2, -0.15) is 0 Å². The second-order valence-corrected chi connectivity index (χ2v) is 2.48. The number of halogens is 1. The van der Waals surface area contributed by atoms with E-state index in [1.807, 2.05) is 0 Å². The van der Waals surface area contributed by atoms with Crippen LogP contribution in [0.4, 0.5) is 0 Å². The van der Waals surface area contributed by atoms with Crippen molar-refractivity contribution < 1.29 is 9.90 Å². The van der Waals surface area contributed by atoms with Crippen molar-refractivity contribution in [2.75, 3.05) is 6.54 Å².